The van der Waals surface area contributed by atoms with Gasteiger partial charge < -0.3 is 14.6 Å². The second-order valence-corrected chi connectivity index (χ2v) is 3.47. The summed E-state index contributed by atoms with van der Waals surface area (Å²) in [6.07, 6.45) is -2.11. The van der Waals surface area contributed by atoms with Crippen LogP contribution in [0.25, 0.3) is 6.08 Å². The van der Waals surface area contributed by atoms with Crippen molar-refractivity contribution >= 4 is 12.0 Å². The average molecular weight is 276 g/mol. The van der Waals surface area contributed by atoms with Gasteiger partial charge in [-0.1, -0.05) is 12.1 Å². The molecule has 19 heavy (non-hydrogen) atoms. The molecule has 1 aromatic carbocycles. The summed E-state index contributed by atoms with van der Waals surface area (Å²) >= 11 is 0. The molecule has 0 aromatic heterocycles. The van der Waals surface area contributed by atoms with Crippen LogP contribution in [0.4, 0.5) is 13.2 Å². The second kappa shape index (κ2) is 6.79. The van der Waals surface area contributed by atoms with Gasteiger partial charge in [-0.15, -0.1) is 0 Å². The van der Waals surface area contributed by atoms with Gasteiger partial charge in [-0.2, -0.15) is 13.2 Å². The Labute approximate surface area is 107 Å². The lowest BCUT2D eigenvalue weighted by molar-refractivity contribution is -0.186. The van der Waals surface area contributed by atoms with E-state index in [-0.39, 0.29) is 5.75 Å². The van der Waals surface area contributed by atoms with Crippen LogP contribution in [0.5, 0.6) is 5.75 Å². The number of aliphatic carboxylic acids is 1. The molecule has 0 spiro atoms. The van der Waals surface area contributed by atoms with Gasteiger partial charge in [0.05, 0.1) is 0 Å². The average Bonchev–Trinajstić information content (AvgIpc) is 2.32. The van der Waals surface area contributed by atoms with E-state index in [9.17, 15) is 18.0 Å². The Hall–Kier alpha value is -2.02. The molecular formula is C12H11F3O4. The van der Waals surface area contributed by atoms with Gasteiger partial charge in [0.25, 0.3) is 0 Å². The SMILES string of the molecule is O=C(O)/C=C/c1cccc(OCOCC(F)(F)F)c1. The highest BCUT2D eigenvalue weighted by Gasteiger charge is 2.27. The summed E-state index contributed by atoms with van der Waals surface area (Å²) in [4.78, 5) is 10.3. The third-order valence-electron chi connectivity index (χ3n) is 1.85. The number of ether oxygens (including phenoxy) is 2. The molecule has 0 fully saturated rings. The maximum atomic E-state index is 11.8. The minimum absolute atomic E-state index is 0.287. The predicted octanol–water partition coefficient (Wildman–Crippen LogP) is 2.70. The van der Waals surface area contributed by atoms with Crippen LogP contribution in [0.2, 0.25) is 0 Å². The number of benzene rings is 1. The molecule has 1 aromatic rings. The number of halogens is 3. The molecule has 0 radical (unpaired) electrons. The first-order chi connectivity index (χ1) is 8.87. The van der Waals surface area contributed by atoms with E-state index in [4.69, 9.17) is 9.84 Å². The van der Waals surface area contributed by atoms with E-state index in [0.29, 0.717) is 5.56 Å². The molecule has 1 rings (SSSR count). The zero-order chi connectivity index (χ0) is 14.3. The molecule has 0 aliphatic rings. The molecule has 104 valence electrons. The van der Waals surface area contributed by atoms with E-state index >= 15 is 0 Å². The Balaban J connectivity index is 2.46. The Morgan fingerprint density at radius 3 is 2.74 bits per heavy atom. The fourth-order valence-electron chi connectivity index (χ4n) is 1.14. The summed E-state index contributed by atoms with van der Waals surface area (Å²) < 4.78 is 44.6. The number of alkyl halides is 3. The Morgan fingerprint density at radius 2 is 2.11 bits per heavy atom. The van der Waals surface area contributed by atoms with Crippen molar-refractivity contribution in [2.45, 2.75) is 6.18 Å². The molecule has 7 heteroatoms. The summed E-state index contributed by atoms with van der Waals surface area (Å²) in [7, 11) is 0. The van der Waals surface area contributed by atoms with Crippen molar-refractivity contribution < 1.29 is 32.5 Å². The fraction of sp³-hybridized carbons (Fsp3) is 0.250. The Morgan fingerprint density at radius 1 is 1.37 bits per heavy atom. The van der Waals surface area contributed by atoms with E-state index in [1.807, 2.05) is 0 Å². The van der Waals surface area contributed by atoms with Crippen LogP contribution >= 0.6 is 0 Å². The van der Waals surface area contributed by atoms with Crippen LogP contribution in [0.3, 0.4) is 0 Å². The number of hydrogen-bond donors (Lipinski definition) is 1. The summed E-state index contributed by atoms with van der Waals surface area (Å²) in [5.74, 6) is -0.811. The maximum Gasteiger partial charge on any atom is 0.411 e. The highest BCUT2D eigenvalue weighted by Crippen LogP contribution is 2.16. The van der Waals surface area contributed by atoms with Gasteiger partial charge >= 0.3 is 12.1 Å². The van der Waals surface area contributed by atoms with Gasteiger partial charge in [0.15, 0.2) is 6.79 Å². The molecule has 0 bridgehead atoms. The van der Waals surface area contributed by atoms with Crippen molar-refractivity contribution in [3.63, 3.8) is 0 Å². The van der Waals surface area contributed by atoms with Gasteiger partial charge in [-0.25, -0.2) is 4.79 Å². The van der Waals surface area contributed by atoms with Crippen LogP contribution in [-0.4, -0.2) is 30.7 Å². The third kappa shape index (κ3) is 7.10. The molecule has 0 atom stereocenters. The first-order valence-corrected chi connectivity index (χ1v) is 5.15. The summed E-state index contributed by atoms with van der Waals surface area (Å²) in [6.45, 7) is -1.92. The molecule has 0 saturated heterocycles. The van der Waals surface area contributed by atoms with Crippen molar-refractivity contribution in [3.05, 3.63) is 35.9 Å². The Bertz CT molecular complexity index is 455. The summed E-state index contributed by atoms with van der Waals surface area (Å²) in [5.41, 5.74) is 0.552. The lowest BCUT2D eigenvalue weighted by Crippen LogP contribution is -2.19. The smallest absolute Gasteiger partial charge is 0.411 e. The topological polar surface area (TPSA) is 55.8 Å². The number of rotatable bonds is 6. The molecule has 4 nitrogen and oxygen atoms in total. The molecule has 0 saturated carbocycles. The lowest BCUT2D eigenvalue weighted by atomic mass is 10.2. The normalized spacial score (nSPS) is 11.7. The molecule has 0 heterocycles. The largest absolute Gasteiger partial charge is 0.478 e. The predicted molar refractivity (Wildman–Crippen MR) is 60.6 cm³/mol. The van der Waals surface area contributed by atoms with E-state index in [2.05, 4.69) is 4.74 Å². The number of carboxylic acids is 1. The van der Waals surface area contributed by atoms with Crippen molar-refractivity contribution in [1.29, 1.82) is 0 Å². The van der Waals surface area contributed by atoms with E-state index in [0.717, 1.165) is 6.08 Å². The minimum atomic E-state index is -4.39. The standard InChI is InChI=1S/C12H11F3O4/c13-12(14,15)7-18-8-19-10-3-1-2-9(6-10)4-5-11(16)17/h1-6H,7-8H2,(H,16,17)/b5-4+. The van der Waals surface area contributed by atoms with E-state index in [1.54, 1.807) is 12.1 Å². The molecule has 1 N–H and O–H groups in total. The van der Waals surface area contributed by atoms with Crippen molar-refractivity contribution in [3.8, 4) is 5.75 Å². The van der Waals surface area contributed by atoms with Crippen LogP contribution in [0.15, 0.2) is 30.3 Å². The third-order valence-corrected chi connectivity index (χ3v) is 1.85. The molecule has 0 aliphatic heterocycles. The van der Waals surface area contributed by atoms with Crippen LogP contribution in [0, 0.1) is 0 Å². The monoisotopic (exact) mass is 276 g/mol. The van der Waals surface area contributed by atoms with Gasteiger partial charge in [0, 0.05) is 6.08 Å². The molecule has 0 aliphatic carbocycles. The van der Waals surface area contributed by atoms with Crippen LogP contribution < -0.4 is 4.74 Å². The van der Waals surface area contributed by atoms with Gasteiger partial charge in [0.1, 0.15) is 12.4 Å². The van der Waals surface area contributed by atoms with Crippen molar-refractivity contribution in [2.24, 2.45) is 0 Å². The first kappa shape index (κ1) is 15.0. The van der Waals surface area contributed by atoms with E-state index in [1.165, 1.54) is 18.2 Å². The van der Waals surface area contributed by atoms with Crippen LogP contribution in [0.1, 0.15) is 5.56 Å². The zero-order valence-corrected chi connectivity index (χ0v) is 9.68. The highest BCUT2D eigenvalue weighted by molar-refractivity contribution is 5.85. The maximum absolute atomic E-state index is 11.8. The summed E-state index contributed by atoms with van der Waals surface area (Å²) in [6, 6.07) is 6.22. The van der Waals surface area contributed by atoms with Gasteiger partial charge in [0.2, 0.25) is 0 Å². The fourth-order valence-corrected chi connectivity index (χ4v) is 1.14. The Kier molecular flexibility index (Phi) is 5.37. The van der Waals surface area contributed by atoms with Gasteiger partial charge in [-0.05, 0) is 23.8 Å². The van der Waals surface area contributed by atoms with E-state index < -0.39 is 25.5 Å². The van der Waals surface area contributed by atoms with Crippen molar-refractivity contribution in [1.82, 2.24) is 0 Å². The number of carboxylic acid groups (broad SMARTS) is 1. The molecule has 0 amide bonds. The summed E-state index contributed by atoms with van der Waals surface area (Å²) in [5, 5.41) is 8.45. The zero-order valence-electron chi connectivity index (χ0n) is 9.68. The lowest BCUT2D eigenvalue weighted by Gasteiger charge is -2.09. The molecule has 0 unspecified atom stereocenters. The number of carbonyl (C=O) groups is 1. The first-order valence-electron chi connectivity index (χ1n) is 5.15. The highest BCUT2D eigenvalue weighted by atomic mass is 19.4. The molecular weight excluding hydrogens is 265 g/mol. The number of hydrogen-bond acceptors (Lipinski definition) is 3. The quantitative estimate of drug-likeness (QED) is 0.493. The second-order valence-electron chi connectivity index (χ2n) is 3.47. The van der Waals surface area contributed by atoms with Crippen molar-refractivity contribution in [2.75, 3.05) is 13.4 Å². The minimum Gasteiger partial charge on any atom is -0.478 e. The van der Waals surface area contributed by atoms with Crippen LogP contribution in [-0.2, 0) is 9.53 Å². The van der Waals surface area contributed by atoms with Gasteiger partial charge in [-0.3, -0.25) is 0 Å².